The first-order valence-corrected chi connectivity index (χ1v) is 9.84. The van der Waals surface area contributed by atoms with Crippen molar-refractivity contribution in [2.24, 2.45) is 0 Å². The number of amides is 1. The van der Waals surface area contributed by atoms with Crippen LogP contribution in [-0.2, 0) is 14.8 Å². The summed E-state index contributed by atoms with van der Waals surface area (Å²) in [5.74, 6) is -1.09. The number of carbonyl (C=O) groups is 1. The lowest BCUT2D eigenvalue weighted by atomic mass is 10.2. The number of ether oxygens (including phenoxy) is 1. The fraction of sp³-hybridized carbons (Fsp3) is 0.278. The Balaban J connectivity index is 1.76. The summed E-state index contributed by atoms with van der Waals surface area (Å²) in [5, 5.41) is 2.47. The predicted molar refractivity (Wildman–Crippen MR) is 95.1 cm³/mol. The Labute approximate surface area is 160 Å². The second-order valence-electron chi connectivity index (χ2n) is 6.15. The number of hydrogen-bond acceptors (Lipinski definition) is 4. The summed E-state index contributed by atoms with van der Waals surface area (Å²) in [5.41, 5.74) is 0.0794. The van der Waals surface area contributed by atoms with Gasteiger partial charge in [0.1, 0.15) is 11.8 Å². The molecule has 1 aliphatic heterocycles. The van der Waals surface area contributed by atoms with E-state index in [-0.39, 0.29) is 17.1 Å². The van der Waals surface area contributed by atoms with Gasteiger partial charge in [0.05, 0.1) is 4.90 Å². The van der Waals surface area contributed by atoms with Crippen molar-refractivity contribution < 1.29 is 31.1 Å². The molecule has 10 heteroatoms. The number of rotatable bonds is 5. The molecule has 0 radical (unpaired) electrons. The molecule has 0 spiro atoms. The summed E-state index contributed by atoms with van der Waals surface area (Å²) < 4.78 is 67.6. The van der Waals surface area contributed by atoms with Crippen molar-refractivity contribution in [3.05, 3.63) is 54.6 Å². The molecule has 0 unspecified atom stereocenters. The molecule has 3 rings (SSSR count). The third kappa shape index (κ3) is 4.63. The molecule has 2 aromatic rings. The molecule has 0 saturated carbocycles. The SMILES string of the molecule is O=C(Nc1cccc(OC(F)(F)F)c1)[C@@H]1CCCN1S(=O)(=O)c1ccccc1. The second kappa shape index (κ2) is 7.80. The molecule has 0 bridgehead atoms. The third-order valence-electron chi connectivity index (χ3n) is 4.19. The number of nitrogens with zero attached hydrogens (tertiary/aromatic N) is 1. The lowest BCUT2D eigenvalue weighted by molar-refractivity contribution is -0.274. The monoisotopic (exact) mass is 414 g/mol. The van der Waals surface area contributed by atoms with Gasteiger partial charge in [-0.3, -0.25) is 4.79 Å². The fourth-order valence-corrected chi connectivity index (χ4v) is 4.69. The molecule has 1 fully saturated rings. The van der Waals surface area contributed by atoms with Gasteiger partial charge in [-0.2, -0.15) is 4.31 Å². The van der Waals surface area contributed by atoms with E-state index in [0.29, 0.717) is 12.8 Å². The Morgan fingerprint density at radius 3 is 2.50 bits per heavy atom. The van der Waals surface area contributed by atoms with Crippen molar-refractivity contribution in [2.75, 3.05) is 11.9 Å². The molecular weight excluding hydrogens is 397 g/mol. The molecule has 1 aliphatic rings. The Kier molecular flexibility index (Phi) is 5.61. The first kappa shape index (κ1) is 20.2. The zero-order valence-corrected chi connectivity index (χ0v) is 15.3. The highest BCUT2D eigenvalue weighted by atomic mass is 32.2. The van der Waals surface area contributed by atoms with Gasteiger partial charge in [0.15, 0.2) is 0 Å². The molecule has 1 N–H and O–H groups in total. The highest BCUT2D eigenvalue weighted by Crippen LogP contribution is 2.28. The minimum Gasteiger partial charge on any atom is -0.406 e. The van der Waals surface area contributed by atoms with Crippen LogP contribution in [0.15, 0.2) is 59.5 Å². The van der Waals surface area contributed by atoms with E-state index in [4.69, 9.17) is 0 Å². The van der Waals surface area contributed by atoms with E-state index in [1.54, 1.807) is 18.2 Å². The van der Waals surface area contributed by atoms with Crippen LogP contribution in [0.5, 0.6) is 5.75 Å². The van der Waals surface area contributed by atoms with E-state index in [1.807, 2.05) is 0 Å². The number of carbonyl (C=O) groups excluding carboxylic acids is 1. The summed E-state index contributed by atoms with van der Waals surface area (Å²) in [6, 6.07) is 11.6. The Bertz CT molecular complexity index is 949. The minimum atomic E-state index is -4.85. The number of hydrogen-bond donors (Lipinski definition) is 1. The van der Waals surface area contributed by atoms with Gasteiger partial charge in [0.25, 0.3) is 0 Å². The van der Waals surface area contributed by atoms with Gasteiger partial charge in [-0.25, -0.2) is 8.42 Å². The first-order valence-electron chi connectivity index (χ1n) is 8.40. The molecule has 1 atom stereocenters. The van der Waals surface area contributed by atoms with E-state index in [9.17, 15) is 26.4 Å². The van der Waals surface area contributed by atoms with Gasteiger partial charge in [0, 0.05) is 18.3 Å². The highest BCUT2D eigenvalue weighted by Gasteiger charge is 2.39. The predicted octanol–water partition coefficient (Wildman–Crippen LogP) is 3.38. The van der Waals surface area contributed by atoms with Crippen LogP contribution in [0.4, 0.5) is 18.9 Å². The average molecular weight is 414 g/mol. The van der Waals surface area contributed by atoms with Gasteiger partial charge in [-0.15, -0.1) is 13.2 Å². The summed E-state index contributed by atoms with van der Waals surface area (Å²) in [4.78, 5) is 12.7. The van der Waals surface area contributed by atoms with Gasteiger partial charge in [-0.05, 0) is 37.1 Å². The molecular formula is C18H17F3N2O4S. The molecule has 6 nitrogen and oxygen atoms in total. The van der Waals surface area contributed by atoms with Gasteiger partial charge < -0.3 is 10.1 Å². The van der Waals surface area contributed by atoms with Crippen LogP contribution >= 0.6 is 0 Å². The Morgan fingerprint density at radius 2 is 1.82 bits per heavy atom. The normalized spacial score (nSPS) is 18.0. The van der Waals surface area contributed by atoms with Crippen LogP contribution in [0.1, 0.15) is 12.8 Å². The number of halogens is 3. The van der Waals surface area contributed by atoms with Crippen LogP contribution in [-0.4, -0.2) is 37.6 Å². The van der Waals surface area contributed by atoms with E-state index >= 15 is 0 Å². The molecule has 2 aromatic carbocycles. The van der Waals surface area contributed by atoms with Gasteiger partial charge in [-0.1, -0.05) is 24.3 Å². The van der Waals surface area contributed by atoms with Crippen molar-refractivity contribution in [3.63, 3.8) is 0 Å². The van der Waals surface area contributed by atoms with Gasteiger partial charge in [0.2, 0.25) is 15.9 Å². The van der Waals surface area contributed by atoms with Gasteiger partial charge >= 0.3 is 6.36 Å². The number of anilines is 1. The Morgan fingerprint density at radius 1 is 1.11 bits per heavy atom. The quantitative estimate of drug-likeness (QED) is 0.814. The maximum atomic E-state index is 12.8. The van der Waals surface area contributed by atoms with Crippen molar-refractivity contribution in [1.29, 1.82) is 0 Å². The van der Waals surface area contributed by atoms with E-state index < -0.39 is 34.1 Å². The summed E-state index contributed by atoms with van der Waals surface area (Å²) in [7, 11) is -3.86. The highest BCUT2D eigenvalue weighted by molar-refractivity contribution is 7.89. The maximum Gasteiger partial charge on any atom is 0.573 e. The zero-order chi connectivity index (χ0) is 20.4. The lowest BCUT2D eigenvalue weighted by Gasteiger charge is -2.23. The Hall–Kier alpha value is -2.59. The van der Waals surface area contributed by atoms with Crippen LogP contribution in [0.3, 0.4) is 0 Å². The van der Waals surface area contributed by atoms with Crippen LogP contribution in [0.25, 0.3) is 0 Å². The number of nitrogens with one attached hydrogen (secondary N) is 1. The molecule has 28 heavy (non-hydrogen) atoms. The van der Waals surface area contributed by atoms with Crippen molar-refractivity contribution in [1.82, 2.24) is 4.31 Å². The summed E-state index contributed by atoms with van der Waals surface area (Å²) in [6.07, 6.45) is -4.04. The standard InChI is InChI=1S/C18H17F3N2O4S/c19-18(20,21)27-14-7-4-6-13(12-14)22-17(24)16-10-5-11-23(16)28(25,26)15-8-2-1-3-9-15/h1-4,6-9,12,16H,5,10-11H2,(H,22,24)/t16-/m0/s1. The number of alkyl halides is 3. The van der Waals surface area contributed by atoms with Crippen molar-refractivity contribution in [2.45, 2.75) is 30.1 Å². The number of sulfonamides is 1. The first-order chi connectivity index (χ1) is 13.2. The molecule has 0 aromatic heterocycles. The summed E-state index contributed by atoms with van der Waals surface area (Å²) >= 11 is 0. The molecule has 1 heterocycles. The molecule has 0 aliphatic carbocycles. The van der Waals surface area contributed by atoms with E-state index in [1.165, 1.54) is 24.3 Å². The second-order valence-corrected chi connectivity index (χ2v) is 8.04. The van der Waals surface area contributed by atoms with Crippen molar-refractivity contribution in [3.8, 4) is 5.75 Å². The topological polar surface area (TPSA) is 75.7 Å². The van der Waals surface area contributed by atoms with Crippen LogP contribution in [0, 0.1) is 0 Å². The summed E-state index contributed by atoms with van der Waals surface area (Å²) in [6.45, 7) is 0.187. The molecule has 1 amide bonds. The maximum absolute atomic E-state index is 12.8. The van der Waals surface area contributed by atoms with Crippen LogP contribution in [0.2, 0.25) is 0 Å². The minimum absolute atomic E-state index is 0.0790. The molecule has 150 valence electrons. The third-order valence-corrected chi connectivity index (χ3v) is 6.11. The van der Waals surface area contributed by atoms with Crippen molar-refractivity contribution >= 4 is 21.6 Å². The molecule has 1 saturated heterocycles. The van der Waals surface area contributed by atoms with Crippen LogP contribution < -0.4 is 10.1 Å². The smallest absolute Gasteiger partial charge is 0.406 e. The van der Waals surface area contributed by atoms with E-state index in [2.05, 4.69) is 10.1 Å². The van der Waals surface area contributed by atoms with E-state index in [0.717, 1.165) is 16.4 Å². The average Bonchev–Trinajstić information content (AvgIpc) is 3.12. The fourth-order valence-electron chi connectivity index (χ4n) is 3.01. The lowest BCUT2D eigenvalue weighted by Crippen LogP contribution is -2.43. The number of benzene rings is 2. The largest absolute Gasteiger partial charge is 0.573 e. The zero-order valence-electron chi connectivity index (χ0n) is 14.5.